The summed E-state index contributed by atoms with van der Waals surface area (Å²) in [7, 11) is 0. The number of carbonyl (C=O) groups excluding carboxylic acids is 1. The van der Waals surface area contributed by atoms with E-state index in [1.165, 1.54) is 6.21 Å². The number of hydrogen-bond acceptors (Lipinski definition) is 6. The highest BCUT2D eigenvalue weighted by atomic mass is 35.5. The summed E-state index contributed by atoms with van der Waals surface area (Å²) in [5.74, 6) is 0.0261. The number of carbonyl (C=O) groups is 1. The van der Waals surface area contributed by atoms with E-state index in [0.29, 0.717) is 36.7 Å². The number of nitriles is 2. The van der Waals surface area contributed by atoms with E-state index in [2.05, 4.69) is 22.7 Å². The molecule has 2 aromatic rings. The SMILES string of the molecule is N#CCCN(CCC#N)c1ccc(/C=N/NC(=O)COc2ccccc2Cl)cc1. The van der Waals surface area contributed by atoms with Crippen molar-refractivity contribution in [3.63, 3.8) is 0 Å². The first-order valence-electron chi connectivity index (χ1n) is 8.92. The van der Waals surface area contributed by atoms with Gasteiger partial charge < -0.3 is 9.64 Å². The maximum atomic E-state index is 11.8. The molecule has 0 fully saturated rings. The lowest BCUT2D eigenvalue weighted by Gasteiger charge is -2.22. The number of anilines is 1. The van der Waals surface area contributed by atoms with Crippen LogP contribution in [0.4, 0.5) is 5.69 Å². The molecule has 0 aliphatic carbocycles. The molecule has 29 heavy (non-hydrogen) atoms. The third-order valence-electron chi connectivity index (χ3n) is 3.84. The molecular weight excluding hydrogens is 390 g/mol. The van der Waals surface area contributed by atoms with E-state index in [9.17, 15) is 4.79 Å². The van der Waals surface area contributed by atoms with Crippen molar-refractivity contribution in [3.8, 4) is 17.9 Å². The van der Waals surface area contributed by atoms with Gasteiger partial charge in [-0.15, -0.1) is 0 Å². The number of amides is 1. The molecule has 8 heteroatoms. The lowest BCUT2D eigenvalue weighted by atomic mass is 10.2. The molecule has 1 amide bonds. The van der Waals surface area contributed by atoms with Crippen LogP contribution in [0.25, 0.3) is 0 Å². The van der Waals surface area contributed by atoms with Gasteiger partial charge in [-0.25, -0.2) is 5.43 Å². The Bertz CT molecular complexity index is 898. The molecule has 0 unspecified atom stereocenters. The maximum Gasteiger partial charge on any atom is 0.277 e. The number of nitrogens with zero attached hydrogens (tertiary/aromatic N) is 4. The average Bonchev–Trinajstić information content (AvgIpc) is 2.74. The summed E-state index contributed by atoms with van der Waals surface area (Å²) in [5, 5.41) is 21.9. The summed E-state index contributed by atoms with van der Waals surface area (Å²) in [6, 6.07) is 18.6. The summed E-state index contributed by atoms with van der Waals surface area (Å²) < 4.78 is 5.34. The fourth-order valence-electron chi connectivity index (χ4n) is 2.43. The number of halogens is 1. The molecule has 0 aromatic heterocycles. The van der Waals surface area contributed by atoms with Crippen molar-refractivity contribution in [1.82, 2.24) is 5.43 Å². The molecule has 0 heterocycles. The Hall–Kier alpha value is -3.55. The highest BCUT2D eigenvalue weighted by Gasteiger charge is 2.06. The third kappa shape index (κ3) is 7.53. The molecule has 0 aliphatic rings. The number of nitrogens with one attached hydrogen (secondary N) is 1. The number of para-hydroxylation sites is 1. The van der Waals surface area contributed by atoms with Gasteiger partial charge >= 0.3 is 0 Å². The Kier molecular flexibility index (Phi) is 9.01. The Balaban J connectivity index is 1.85. The molecule has 2 aromatic carbocycles. The van der Waals surface area contributed by atoms with E-state index in [1.807, 2.05) is 29.2 Å². The number of ether oxygens (including phenoxy) is 1. The van der Waals surface area contributed by atoms with Gasteiger partial charge in [0.25, 0.3) is 5.91 Å². The third-order valence-corrected chi connectivity index (χ3v) is 4.16. The van der Waals surface area contributed by atoms with Crippen LogP contribution in [0.5, 0.6) is 5.75 Å². The van der Waals surface area contributed by atoms with Crippen LogP contribution in [0.1, 0.15) is 18.4 Å². The Labute approximate surface area is 174 Å². The van der Waals surface area contributed by atoms with Crippen LogP contribution in [-0.2, 0) is 4.79 Å². The lowest BCUT2D eigenvalue weighted by Crippen LogP contribution is -2.25. The monoisotopic (exact) mass is 409 g/mol. The van der Waals surface area contributed by atoms with Gasteiger partial charge in [-0.1, -0.05) is 35.9 Å². The Morgan fingerprint density at radius 3 is 2.38 bits per heavy atom. The minimum absolute atomic E-state index is 0.202. The van der Waals surface area contributed by atoms with Crippen LogP contribution in [0, 0.1) is 22.7 Å². The van der Waals surface area contributed by atoms with E-state index >= 15 is 0 Å². The first kappa shape index (κ1) is 21.7. The van der Waals surface area contributed by atoms with Gasteiger partial charge in [0.05, 0.1) is 36.2 Å². The zero-order chi connectivity index (χ0) is 20.9. The highest BCUT2D eigenvalue weighted by molar-refractivity contribution is 6.32. The zero-order valence-electron chi connectivity index (χ0n) is 15.7. The second kappa shape index (κ2) is 12.0. The summed E-state index contributed by atoms with van der Waals surface area (Å²) in [6.45, 7) is 0.924. The predicted molar refractivity (Wildman–Crippen MR) is 112 cm³/mol. The molecule has 0 atom stereocenters. The van der Waals surface area contributed by atoms with Crippen LogP contribution < -0.4 is 15.1 Å². The molecule has 0 radical (unpaired) electrons. The van der Waals surface area contributed by atoms with Gasteiger partial charge in [-0.2, -0.15) is 15.6 Å². The Morgan fingerprint density at radius 2 is 1.76 bits per heavy atom. The molecular formula is C21H20ClN5O2. The summed E-state index contributed by atoms with van der Waals surface area (Å²) in [6.07, 6.45) is 2.29. The average molecular weight is 410 g/mol. The van der Waals surface area contributed by atoms with Crippen molar-refractivity contribution in [3.05, 3.63) is 59.1 Å². The van der Waals surface area contributed by atoms with E-state index in [-0.39, 0.29) is 6.61 Å². The summed E-state index contributed by atoms with van der Waals surface area (Å²) in [5.41, 5.74) is 4.11. The number of rotatable bonds is 10. The molecule has 0 saturated carbocycles. The van der Waals surface area contributed by atoms with E-state index < -0.39 is 5.91 Å². The van der Waals surface area contributed by atoms with Gasteiger partial charge in [-0.05, 0) is 29.8 Å². The first-order chi connectivity index (χ1) is 14.1. The van der Waals surface area contributed by atoms with Crippen LogP contribution in [0.3, 0.4) is 0 Å². The van der Waals surface area contributed by atoms with Crippen LogP contribution in [-0.4, -0.2) is 31.8 Å². The number of hydrogen-bond donors (Lipinski definition) is 1. The normalized spacial score (nSPS) is 10.2. The predicted octanol–water partition coefficient (Wildman–Crippen LogP) is 3.50. The largest absolute Gasteiger partial charge is 0.482 e. The van der Waals surface area contributed by atoms with Crippen LogP contribution >= 0.6 is 11.6 Å². The molecule has 0 saturated heterocycles. The number of benzene rings is 2. The molecule has 0 bridgehead atoms. The molecule has 1 N–H and O–H groups in total. The van der Waals surface area contributed by atoms with Crippen molar-refractivity contribution in [2.75, 3.05) is 24.6 Å². The second-order valence-corrected chi connectivity index (χ2v) is 6.31. The highest BCUT2D eigenvalue weighted by Crippen LogP contribution is 2.22. The zero-order valence-corrected chi connectivity index (χ0v) is 16.5. The molecule has 0 aliphatic heterocycles. The topological polar surface area (TPSA) is 102 Å². The molecule has 2 rings (SSSR count). The standard InChI is InChI=1S/C21H20ClN5O2/c22-19-5-1-2-6-20(19)29-16-21(28)26-25-15-17-7-9-18(10-8-17)27(13-3-11-23)14-4-12-24/h1-2,5-10,15H,3-4,13-14,16H2,(H,26,28)/b25-15+. The van der Waals surface area contributed by atoms with Gasteiger partial charge in [0.1, 0.15) is 5.75 Å². The Morgan fingerprint density at radius 1 is 1.10 bits per heavy atom. The fourth-order valence-corrected chi connectivity index (χ4v) is 2.62. The minimum atomic E-state index is -0.406. The van der Waals surface area contributed by atoms with E-state index in [4.69, 9.17) is 26.9 Å². The van der Waals surface area contributed by atoms with Crippen molar-refractivity contribution in [2.45, 2.75) is 12.8 Å². The molecule has 148 valence electrons. The fraction of sp³-hybridized carbons (Fsp3) is 0.238. The quantitative estimate of drug-likeness (QED) is 0.478. The van der Waals surface area contributed by atoms with Gasteiger partial charge in [-0.3, -0.25) is 4.79 Å². The van der Waals surface area contributed by atoms with Crippen molar-refractivity contribution in [1.29, 1.82) is 10.5 Å². The molecule has 7 nitrogen and oxygen atoms in total. The smallest absolute Gasteiger partial charge is 0.277 e. The van der Waals surface area contributed by atoms with Gasteiger partial charge in [0.15, 0.2) is 6.61 Å². The van der Waals surface area contributed by atoms with Crippen LogP contribution in [0.2, 0.25) is 5.02 Å². The van der Waals surface area contributed by atoms with Crippen LogP contribution in [0.15, 0.2) is 53.6 Å². The first-order valence-corrected chi connectivity index (χ1v) is 9.30. The lowest BCUT2D eigenvalue weighted by molar-refractivity contribution is -0.123. The second-order valence-electron chi connectivity index (χ2n) is 5.91. The van der Waals surface area contributed by atoms with Crippen molar-refractivity contribution in [2.24, 2.45) is 5.10 Å². The summed E-state index contributed by atoms with van der Waals surface area (Å²) >= 11 is 5.96. The van der Waals surface area contributed by atoms with Gasteiger partial charge in [0.2, 0.25) is 0 Å². The van der Waals surface area contributed by atoms with E-state index in [0.717, 1.165) is 11.3 Å². The van der Waals surface area contributed by atoms with Crippen molar-refractivity contribution < 1.29 is 9.53 Å². The van der Waals surface area contributed by atoms with E-state index in [1.54, 1.807) is 24.3 Å². The maximum absolute atomic E-state index is 11.8. The minimum Gasteiger partial charge on any atom is -0.482 e. The summed E-state index contributed by atoms with van der Waals surface area (Å²) in [4.78, 5) is 13.8. The van der Waals surface area contributed by atoms with Crippen molar-refractivity contribution >= 4 is 29.4 Å². The number of hydrazone groups is 1. The van der Waals surface area contributed by atoms with Gasteiger partial charge in [0, 0.05) is 18.8 Å². The molecule has 0 spiro atoms.